The van der Waals surface area contributed by atoms with E-state index in [1.165, 1.54) is 11.1 Å². The zero-order valence-electron chi connectivity index (χ0n) is 20.4. The lowest BCUT2D eigenvalue weighted by Gasteiger charge is -2.36. The quantitative estimate of drug-likeness (QED) is 0.443. The molecule has 0 radical (unpaired) electrons. The molecule has 2 aromatic carbocycles. The zero-order chi connectivity index (χ0) is 24.6. The van der Waals surface area contributed by atoms with Crippen molar-refractivity contribution in [2.75, 3.05) is 37.6 Å². The monoisotopic (exact) mass is 483 g/mol. The normalized spacial score (nSPS) is 15.4. The van der Waals surface area contributed by atoms with Crippen molar-refractivity contribution >= 4 is 22.6 Å². The van der Waals surface area contributed by atoms with Crippen LogP contribution < -0.4 is 9.64 Å². The Morgan fingerprint density at radius 1 is 1.03 bits per heavy atom. The molecule has 2 aromatic heterocycles. The Bertz CT molecular complexity index is 1440. The summed E-state index contributed by atoms with van der Waals surface area (Å²) >= 11 is 0. The van der Waals surface area contributed by atoms with E-state index in [9.17, 15) is 9.90 Å². The number of carboxylic acids is 1. The van der Waals surface area contributed by atoms with Gasteiger partial charge in [0.1, 0.15) is 18.7 Å². The number of aryl methyl sites for hydroxylation is 2. The average molecular weight is 484 g/mol. The number of piperazine rings is 1. The third kappa shape index (κ3) is 4.07. The van der Waals surface area contributed by atoms with Crippen LogP contribution in [0, 0.1) is 6.92 Å². The number of para-hydroxylation sites is 1. The number of carbonyl (C=O) groups is 1. The highest BCUT2D eigenvalue weighted by Gasteiger charge is 2.26. The molecule has 0 amide bonds. The Kier molecular flexibility index (Phi) is 5.81. The van der Waals surface area contributed by atoms with Crippen LogP contribution in [0.2, 0.25) is 0 Å². The number of aromatic carboxylic acids is 1. The second kappa shape index (κ2) is 9.28. The number of benzene rings is 2. The fraction of sp³-hybridized carbons (Fsp3) is 0.321. The predicted molar refractivity (Wildman–Crippen MR) is 138 cm³/mol. The van der Waals surface area contributed by atoms with Crippen LogP contribution in [-0.2, 0) is 13.0 Å². The van der Waals surface area contributed by atoms with Crippen LogP contribution in [0.3, 0.4) is 0 Å². The molecule has 2 aliphatic rings. The molecular formula is C28H29N5O3. The molecule has 8 nitrogen and oxygen atoms in total. The van der Waals surface area contributed by atoms with Crippen molar-refractivity contribution in [3.63, 3.8) is 0 Å². The number of fused-ring (bicyclic) bond motifs is 4. The summed E-state index contributed by atoms with van der Waals surface area (Å²) in [5.74, 6) is -0.191. The summed E-state index contributed by atoms with van der Waals surface area (Å²) in [4.78, 5) is 25.2. The van der Waals surface area contributed by atoms with Gasteiger partial charge in [0.15, 0.2) is 5.69 Å². The molecule has 4 heterocycles. The molecule has 0 atom stereocenters. The highest BCUT2D eigenvalue weighted by Crippen LogP contribution is 2.35. The van der Waals surface area contributed by atoms with Crippen LogP contribution in [0.5, 0.6) is 5.75 Å². The first-order valence-corrected chi connectivity index (χ1v) is 12.5. The van der Waals surface area contributed by atoms with E-state index < -0.39 is 5.97 Å². The van der Waals surface area contributed by atoms with Gasteiger partial charge in [-0.25, -0.2) is 9.78 Å². The highest BCUT2D eigenvalue weighted by atomic mass is 16.5. The molecule has 2 aliphatic heterocycles. The second-order valence-electron chi connectivity index (χ2n) is 9.50. The topological polar surface area (TPSA) is 83.7 Å². The molecule has 1 N–H and O–H groups in total. The van der Waals surface area contributed by atoms with Crippen molar-refractivity contribution in [3.05, 3.63) is 77.5 Å². The van der Waals surface area contributed by atoms with E-state index in [1.807, 2.05) is 23.6 Å². The van der Waals surface area contributed by atoms with Gasteiger partial charge in [-0.15, -0.1) is 0 Å². The van der Waals surface area contributed by atoms with Crippen LogP contribution in [0.25, 0.3) is 16.6 Å². The van der Waals surface area contributed by atoms with E-state index in [-0.39, 0.29) is 12.3 Å². The van der Waals surface area contributed by atoms with Crippen molar-refractivity contribution < 1.29 is 14.6 Å². The van der Waals surface area contributed by atoms with Gasteiger partial charge in [-0.2, -0.15) is 0 Å². The van der Waals surface area contributed by atoms with Gasteiger partial charge in [0.05, 0.1) is 16.9 Å². The van der Waals surface area contributed by atoms with E-state index in [0.29, 0.717) is 5.69 Å². The molecule has 0 unspecified atom stereocenters. The largest absolute Gasteiger partial charge is 0.485 e. The summed E-state index contributed by atoms with van der Waals surface area (Å²) in [5.41, 5.74) is 6.04. The number of ether oxygens (including phenoxy) is 1. The Morgan fingerprint density at radius 3 is 2.67 bits per heavy atom. The van der Waals surface area contributed by atoms with Gasteiger partial charge < -0.3 is 14.7 Å². The number of hydrogen-bond acceptors (Lipinski definition) is 6. The lowest BCUT2D eigenvalue weighted by Crippen LogP contribution is -2.46. The Hall–Kier alpha value is -3.91. The number of nitrogens with zero attached hydrogens (tertiary/aromatic N) is 5. The second-order valence-corrected chi connectivity index (χ2v) is 9.50. The summed E-state index contributed by atoms with van der Waals surface area (Å²) in [7, 11) is 0. The number of pyridine rings is 1. The maximum Gasteiger partial charge on any atom is 0.356 e. The van der Waals surface area contributed by atoms with Crippen LogP contribution >= 0.6 is 0 Å². The van der Waals surface area contributed by atoms with E-state index in [2.05, 4.69) is 56.2 Å². The minimum atomic E-state index is -1.03. The van der Waals surface area contributed by atoms with Crippen LogP contribution in [-0.4, -0.2) is 63.2 Å². The molecule has 0 saturated carbocycles. The fourth-order valence-electron chi connectivity index (χ4n) is 5.38. The van der Waals surface area contributed by atoms with Crippen molar-refractivity contribution in [1.29, 1.82) is 0 Å². The molecule has 0 bridgehead atoms. The van der Waals surface area contributed by atoms with Gasteiger partial charge in [-0.05, 0) is 62.2 Å². The maximum absolute atomic E-state index is 11.4. The van der Waals surface area contributed by atoms with Crippen LogP contribution in [0.1, 0.15) is 33.9 Å². The van der Waals surface area contributed by atoms with Crippen molar-refractivity contribution in [2.24, 2.45) is 0 Å². The molecule has 6 rings (SSSR count). The van der Waals surface area contributed by atoms with Gasteiger partial charge in [0.25, 0.3) is 0 Å². The lowest BCUT2D eigenvalue weighted by molar-refractivity contribution is 0.0687. The molecule has 1 saturated heterocycles. The van der Waals surface area contributed by atoms with E-state index in [4.69, 9.17) is 4.74 Å². The molecule has 184 valence electrons. The number of anilines is 1. The van der Waals surface area contributed by atoms with E-state index >= 15 is 0 Å². The zero-order valence-corrected chi connectivity index (χ0v) is 20.4. The maximum atomic E-state index is 11.4. The van der Waals surface area contributed by atoms with Crippen molar-refractivity contribution in [2.45, 2.75) is 26.4 Å². The third-order valence-electron chi connectivity index (χ3n) is 7.24. The van der Waals surface area contributed by atoms with Crippen LogP contribution in [0.15, 0.2) is 54.9 Å². The Morgan fingerprint density at radius 2 is 1.83 bits per heavy atom. The van der Waals surface area contributed by atoms with Gasteiger partial charge in [-0.1, -0.05) is 18.2 Å². The first kappa shape index (κ1) is 22.5. The highest BCUT2D eigenvalue weighted by molar-refractivity contribution is 5.92. The number of aromatic nitrogens is 3. The fourth-order valence-corrected chi connectivity index (χ4v) is 5.38. The first-order valence-electron chi connectivity index (χ1n) is 12.5. The summed E-state index contributed by atoms with van der Waals surface area (Å²) in [6, 6.07) is 16.8. The molecule has 36 heavy (non-hydrogen) atoms. The molecule has 8 heteroatoms. The van der Waals surface area contributed by atoms with Gasteiger partial charge in [0, 0.05) is 42.9 Å². The van der Waals surface area contributed by atoms with Gasteiger partial charge >= 0.3 is 5.97 Å². The third-order valence-corrected chi connectivity index (χ3v) is 7.24. The van der Waals surface area contributed by atoms with Crippen LogP contribution in [0.4, 0.5) is 5.69 Å². The van der Waals surface area contributed by atoms with Crippen molar-refractivity contribution in [3.8, 4) is 11.4 Å². The Balaban J connectivity index is 1.08. The summed E-state index contributed by atoms with van der Waals surface area (Å²) in [6.07, 6.45) is 3.53. The SMILES string of the molecule is Cc1ccc2c(N3CCN(CCCc4cccc5c4OCc4c(C(=O)O)ncn4-5)CC3)cccc2n1. The minimum Gasteiger partial charge on any atom is -0.485 e. The molecule has 0 aliphatic carbocycles. The van der Waals surface area contributed by atoms with Gasteiger partial charge in [0.2, 0.25) is 0 Å². The van der Waals surface area contributed by atoms with Crippen molar-refractivity contribution in [1.82, 2.24) is 19.4 Å². The lowest BCUT2D eigenvalue weighted by atomic mass is 10.1. The summed E-state index contributed by atoms with van der Waals surface area (Å²) < 4.78 is 7.87. The average Bonchev–Trinajstić information content (AvgIpc) is 3.34. The summed E-state index contributed by atoms with van der Waals surface area (Å²) in [5, 5.41) is 10.6. The number of carboxylic acid groups (broad SMARTS) is 1. The predicted octanol–water partition coefficient (Wildman–Crippen LogP) is 4.07. The molecule has 0 spiro atoms. The summed E-state index contributed by atoms with van der Waals surface area (Å²) in [6.45, 7) is 7.37. The molecule has 4 aromatic rings. The number of imidazole rings is 1. The van der Waals surface area contributed by atoms with E-state index in [1.54, 1.807) is 6.33 Å². The first-order chi connectivity index (χ1) is 17.6. The number of rotatable bonds is 6. The molecule has 1 fully saturated rings. The van der Waals surface area contributed by atoms with E-state index in [0.717, 1.165) is 73.8 Å². The smallest absolute Gasteiger partial charge is 0.356 e. The number of hydrogen-bond donors (Lipinski definition) is 1. The Labute approximate surface area is 209 Å². The molecular weight excluding hydrogens is 454 g/mol. The van der Waals surface area contributed by atoms with Gasteiger partial charge in [-0.3, -0.25) is 14.5 Å². The standard InChI is InChI=1S/C28H29N5O3/c1-19-10-11-21-22(30-19)7-3-8-23(21)32-15-13-31(14-16-32)12-4-6-20-5-2-9-24-27(20)36-17-25-26(28(34)35)29-18-33(24)25/h2-3,5,7-11,18H,4,6,12-17H2,1H3,(H,34,35). The minimum absolute atomic E-state index is 0.0556.